The number of piperidine rings is 1. The van der Waals surface area contributed by atoms with E-state index >= 15 is 0 Å². The number of anilines is 1. The van der Waals surface area contributed by atoms with Gasteiger partial charge >= 0.3 is 0 Å². The molecule has 112 valence electrons. The van der Waals surface area contributed by atoms with Crippen molar-refractivity contribution < 1.29 is 4.79 Å². The third-order valence-corrected chi connectivity index (χ3v) is 3.78. The maximum atomic E-state index is 11.9. The Labute approximate surface area is 132 Å². The van der Waals surface area contributed by atoms with Crippen LogP contribution in [0.1, 0.15) is 26.2 Å². The second kappa shape index (κ2) is 8.50. The molecule has 0 aromatic heterocycles. The molecule has 1 saturated heterocycles. The Bertz CT molecular complexity index is 422. The highest BCUT2D eigenvalue weighted by Gasteiger charge is 2.16. The molecule has 1 heterocycles. The average Bonchev–Trinajstić information content (AvgIpc) is 2.39. The monoisotopic (exact) mass is 316 g/mol. The fourth-order valence-electron chi connectivity index (χ4n) is 2.51. The van der Waals surface area contributed by atoms with Gasteiger partial charge in [0.05, 0.1) is 0 Å². The smallest absolute Gasteiger partial charge is 0.225 e. The molecule has 1 aliphatic heterocycles. The van der Waals surface area contributed by atoms with Crippen molar-refractivity contribution in [1.29, 1.82) is 0 Å². The Balaban J connectivity index is 0.00000200. The molecule has 0 radical (unpaired) electrons. The molecule has 0 bridgehead atoms. The fraction of sp³-hybridized carbons (Fsp3) is 0.533. The first kappa shape index (κ1) is 17.3. The molecule has 0 aliphatic carbocycles. The number of halogens is 2. The van der Waals surface area contributed by atoms with Crippen LogP contribution >= 0.6 is 24.0 Å². The van der Waals surface area contributed by atoms with Crippen LogP contribution in [0.4, 0.5) is 5.69 Å². The number of benzene rings is 1. The van der Waals surface area contributed by atoms with E-state index in [1.807, 2.05) is 12.1 Å². The summed E-state index contributed by atoms with van der Waals surface area (Å²) in [6.45, 7) is 5.37. The van der Waals surface area contributed by atoms with E-state index in [0.29, 0.717) is 11.4 Å². The van der Waals surface area contributed by atoms with Gasteiger partial charge < -0.3 is 10.2 Å². The molecule has 1 N–H and O–H groups in total. The molecule has 1 fully saturated rings. The number of nitrogens with zero attached hydrogens (tertiary/aromatic N) is 1. The Kier molecular flexibility index (Phi) is 7.35. The molecule has 3 nitrogen and oxygen atoms in total. The fourth-order valence-corrected chi connectivity index (χ4v) is 2.63. The van der Waals surface area contributed by atoms with E-state index in [-0.39, 0.29) is 18.3 Å². The highest BCUT2D eigenvalue weighted by atomic mass is 35.5. The van der Waals surface area contributed by atoms with Crippen LogP contribution in [0.5, 0.6) is 0 Å². The number of hydrogen-bond acceptors (Lipinski definition) is 2. The lowest BCUT2D eigenvalue weighted by molar-refractivity contribution is -0.116. The summed E-state index contributed by atoms with van der Waals surface area (Å²) in [5.74, 6) is 0.827. The van der Waals surface area contributed by atoms with E-state index in [4.69, 9.17) is 11.6 Å². The zero-order valence-corrected chi connectivity index (χ0v) is 13.3. The number of rotatable bonds is 4. The minimum atomic E-state index is 0. The van der Waals surface area contributed by atoms with Crippen molar-refractivity contribution in [3.63, 3.8) is 0 Å². The minimum absolute atomic E-state index is 0. The molecule has 20 heavy (non-hydrogen) atoms. The standard InChI is InChI=1S/C15H21ClN2O.ClH/c1-12-3-2-9-18(11-12)10-8-15(19)17-14-6-4-13(16)5-7-14;/h4-7,12H,2-3,8-11H2,1H3,(H,17,19);1H. The van der Waals surface area contributed by atoms with Crippen molar-refractivity contribution in [2.24, 2.45) is 5.92 Å². The Hall–Kier alpha value is -0.770. The van der Waals surface area contributed by atoms with Crippen LogP contribution in [0.3, 0.4) is 0 Å². The third kappa shape index (κ3) is 5.70. The predicted molar refractivity (Wildman–Crippen MR) is 86.8 cm³/mol. The quantitative estimate of drug-likeness (QED) is 0.915. The first-order valence-corrected chi connectivity index (χ1v) is 7.29. The number of likely N-dealkylation sites (tertiary alicyclic amines) is 1. The molecule has 1 atom stereocenters. The summed E-state index contributed by atoms with van der Waals surface area (Å²) in [5.41, 5.74) is 0.807. The van der Waals surface area contributed by atoms with Gasteiger partial charge in [-0.3, -0.25) is 4.79 Å². The molecule has 1 unspecified atom stereocenters. The van der Waals surface area contributed by atoms with Crippen molar-refractivity contribution in [2.45, 2.75) is 26.2 Å². The van der Waals surface area contributed by atoms with E-state index in [1.54, 1.807) is 12.1 Å². The Morgan fingerprint density at radius 3 is 2.75 bits per heavy atom. The van der Waals surface area contributed by atoms with Crippen LogP contribution in [0.15, 0.2) is 24.3 Å². The lowest BCUT2D eigenvalue weighted by atomic mass is 10.0. The molecular weight excluding hydrogens is 295 g/mol. The van der Waals surface area contributed by atoms with E-state index in [1.165, 1.54) is 12.8 Å². The van der Waals surface area contributed by atoms with E-state index in [9.17, 15) is 4.79 Å². The second-order valence-electron chi connectivity index (χ2n) is 5.35. The molecule has 0 spiro atoms. The van der Waals surface area contributed by atoms with E-state index < -0.39 is 0 Å². The lowest BCUT2D eigenvalue weighted by Gasteiger charge is -2.30. The summed E-state index contributed by atoms with van der Waals surface area (Å²) >= 11 is 5.81. The van der Waals surface area contributed by atoms with Crippen LogP contribution in [-0.2, 0) is 4.79 Å². The second-order valence-corrected chi connectivity index (χ2v) is 5.79. The first-order chi connectivity index (χ1) is 9.13. The lowest BCUT2D eigenvalue weighted by Crippen LogP contribution is -2.36. The van der Waals surface area contributed by atoms with Crippen molar-refractivity contribution in [3.8, 4) is 0 Å². The topological polar surface area (TPSA) is 32.3 Å². The van der Waals surface area contributed by atoms with Crippen molar-refractivity contribution in [3.05, 3.63) is 29.3 Å². The molecule has 1 amide bonds. The summed E-state index contributed by atoms with van der Waals surface area (Å²) in [7, 11) is 0. The number of carbonyl (C=O) groups is 1. The van der Waals surface area contributed by atoms with Gasteiger partial charge in [-0.05, 0) is 49.6 Å². The molecular formula is C15H22Cl2N2O. The first-order valence-electron chi connectivity index (χ1n) is 6.91. The molecule has 2 rings (SSSR count). The highest BCUT2D eigenvalue weighted by Crippen LogP contribution is 2.16. The zero-order chi connectivity index (χ0) is 13.7. The molecule has 1 aliphatic rings. The van der Waals surface area contributed by atoms with Crippen molar-refractivity contribution in [2.75, 3.05) is 25.0 Å². The van der Waals surface area contributed by atoms with Gasteiger partial charge in [-0.25, -0.2) is 0 Å². The van der Waals surface area contributed by atoms with Gasteiger partial charge in [-0.2, -0.15) is 0 Å². The molecule has 1 aromatic carbocycles. The highest BCUT2D eigenvalue weighted by molar-refractivity contribution is 6.30. The predicted octanol–water partition coefficient (Wildman–Crippen LogP) is 3.82. The van der Waals surface area contributed by atoms with Gasteiger partial charge in [-0.15, -0.1) is 12.4 Å². The van der Waals surface area contributed by atoms with Crippen LogP contribution in [0.2, 0.25) is 5.02 Å². The summed E-state index contributed by atoms with van der Waals surface area (Å²) in [6.07, 6.45) is 3.11. The van der Waals surface area contributed by atoms with Gasteiger partial charge in [-0.1, -0.05) is 18.5 Å². The molecule has 1 aromatic rings. The van der Waals surface area contributed by atoms with Gasteiger partial charge in [0.2, 0.25) is 5.91 Å². The maximum Gasteiger partial charge on any atom is 0.225 e. The van der Waals surface area contributed by atoms with Crippen LogP contribution in [-0.4, -0.2) is 30.4 Å². The van der Waals surface area contributed by atoms with Gasteiger partial charge in [0.15, 0.2) is 0 Å². The summed E-state index contributed by atoms with van der Waals surface area (Å²) in [6, 6.07) is 7.21. The molecule has 0 saturated carbocycles. The zero-order valence-electron chi connectivity index (χ0n) is 11.8. The normalized spacial score (nSPS) is 19.2. The number of amides is 1. The van der Waals surface area contributed by atoms with Crippen LogP contribution < -0.4 is 5.32 Å². The number of hydrogen-bond donors (Lipinski definition) is 1. The van der Waals surface area contributed by atoms with Gasteiger partial charge in [0.25, 0.3) is 0 Å². The largest absolute Gasteiger partial charge is 0.326 e. The van der Waals surface area contributed by atoms with Gasteiger partial charge in [0, 0.05) is 30.2 Å². The summed E-state index contributed by atoms with van der Waals surface area (Å²) < 4.78 is 0. The SMILES string of the molecule is CC1CCCN(CCC(=O)Nc2ccc(Cl)cc2)C1.Cl. The number of nitrogens with one attached hydrogen (secondary N) is 1. The van der Waals surface area contributed by atoms with E-state index in [2.05, 4.69) is 17.1 Å². The van der Waals surface area contributed by atoms with Crippen molar-refractivity contribution >= 4 is 35.6 Å². The maximum absolute atomic E-state index is 11.9. The van der Waals surface area contributed by atoms with Crippen molar-refractivity contribution in [1.82, 2.24) is 4.90 Å². The average molecular weight is 317 g/mol. The third-order valence-electron chi connectivity index (χ3n) is 3.52. The Morgan fingerprint density at radius 2 is 2.10 bits per heavy atom. The van der Waals surface area contributed by atoms with Crippen LogP contribution in [0, 0.1) is 5.92 Å². The molecule has 5 heteroatoms. The van der Waals surface area contributed by atoms with Crippen LogP contribution in [0.25, 0.3) is 0 Å². The van der Waals surface area contributed by atoms with Gasteiger partial charge in [0.1, 0.15) is 0 Å². The number of carbonyl (C=O) groups excluding carboxylic acids is 1. The minimum Gasteiger partial charge on any atom is -0.326 e. The summed E-state index contributed by atoms with van der Waals surface area (Å²) in [5, 5.41) is 3.58. The van der Waals surface area contributed by atoms with E-state index in [0.717, 1.165) is 31.2 Å². The summed E-state index contributed by atoms with van der Waals surface area (Å²) in [4.78, 5) is 14.2. The Morgan fingerprint density at radius 1 is 1.40 bits per heavy atom.